The molecule has 16 aromatic carbocycles. The van der Waals surface area contributed by atoms with E-state index in [0.717, 1.165) is 84.1 Å². The quantitative estimate of drug-likeness (QED) is 0.0995. The third-order valence-electron chi connectivity index (χ3n) is 21.0. The summed E-state index contributed by atoms with van der Waals surface area (Å²) < 4.78 is 2.59. The number of benzene rings is 16. The highest BCUT2D eigenvalue weighted by molar-refractivity contribution is 7.25. The van der Waals surface area contributed by atoms with Gasteiger partial charge in [-0.05, 0) is 158 Å². The van der Waals surface area contributed by atoms with Crippen molar-refractivity contribution in [2.45, 2.75) is 26.2 Å². The van der Waals surface area contributed by atoms with Crippen molar-refractivity contribution in [3.63, 3.8) is 0 Å². The van der Waals surface area contributed by atoms with Crippen LogP contribution in [0.5, 0.6) is 0 Å². The minimum Gasteiger partial charge on any atom is -0.310 e. The minimum atomic E-state index is -0.297. The van der Waals surface area contributed by atoms with Gasteiger partial charge in [0.25, 0.3) is 6.71 Å². The lowest BCUT2D eigenvalue weighted by atomic mass is 9.33. The zero-order valence-electron chi connectivity index (χ0n) is 55.9. The molecule has 2 aliphatic rings. The molecule has 0 spiro atoms. The van der Waals surface area contributed by atoms with Crippen LogP contribution < -0.4 is 26.2 Å². The molecule has 0 saturated carbocycles. The number of nitrogens with zero attached hydrogens (tertiary/aromatic N) is 2. The maximum atomic E-state index is 2.70. The van der Waals surface area contributed by atoms with E-state index in [2.05, 4.69) is 382 Å². The predicted molar refractivity (Wildman–Crippen MR) is 431 cm³/mol. The number of anilines is 6. The fourth-order valence-corrected chi connectivity index (χ4v) is 17.5. The van der Waals surface area contributed by atoms with Crippen LogP contribution in [-0.2, 0) is 5.41 Å². The highest BCUT2D eigenvalue weighted by Crippen LogP contribution is 2.55. The predicted octanol–water partition coefficient (Wildman–Crippen LogP) is 25.1. The van der Waals surface area contributed by atoms with E-state index in [0.29, 0.717) is 0 Å². The lowest BCUT2D eigenvalue weighted by molar-refractivity contribution is 0.590. The second kappa shape index (κ2) is 23.9. The first-order valence-corrected chi connectivity index (χ1v) is 35.6. The average molecular weight is 1290 g/mol. The van der Waals surface area contributed by atoms with Crippen molar-refractivity contribution in [3.8, 4) is 89.0 Å². The molecule has 4 heteroatoms. The zero-order chi connectivity index (χ0) is 66.6. The van der Waals surface area contributed by atoms with Crippen molar-refractivity contribution in [1.82, 2.24) is 0 Å². The monoisotopic (exact) mass is 1290 g/mol. The SMILES string of the molecule is CC(C)(C)c1cc2c3c(c1)N(c1c(-c4ccccc4)cccc1-c1ccccc1)c1cc(-c4ccc5c(-c6ccccc6)c6ccccc6c(-c6ccccc6)c5c4)ccc1B3c1ccc(-c3ccc4c(c3)sc3ccccc34)cc1N2c1c(-c2ccccc2)cccc1-c1ccccc1. The Labute approximate surface area is 588 Å². The van der Waals surface area contributed by atoms with Crippen LogP contribution in [0, 0.1) is 0 Å². The number of hydrogen-bond donors (Lipinski definition) is 0. The van der Waals surface area contributed by atoms with E-state index >= 15 is 0 Å². The van der Waals surface area contributed by atoms with Crippen molar-refractivity contribution in [1.29, 1.82) is 0 Å². The Morgan fingerprint density at radius 3 is 1.03 bits per heavy atom. The molecule has 2 aliphatic heterocycles. The summed E-state index contributed by atoms with van der Waals surface area (Å²) in [5.41, 5.74) is 30.4. The maximum Gasteiger partial charge on any atom is 0.252 e. The Kier molecular flexibility index (Phi) is 14.1. The van der Waals surface area contributed by atoms with E-state index < -0.39 is 0 Å². The molecule has 0 bridgehead atoms. The summed E-state index contributed by atoms with van der Waals surface area (Å²) >= 11 is 1.88. The topological polar surface area (TPSA) is 6.48 Å². The molecule has 0 N–H and O–H groups in total. The third kappa shape index (κ3) is 9.76. The molecule has 0 fully saturated rings. The molecule has 2 nitrogen and oxygen atoms in total. The third-order valence-corrected chi connectivity index (χ3v) is 22.1. The largest absolute Gasteiger partial charge is 0.310 e. The molecule has 0 aliphatic carbocycles. The van der Waals surface area contributed by atoms with Crippen LogP contribution in [0.15, 0.2) is 352 Å². The summed E-state index contributed by atoms with van der Waals surface area (Å²) in [6, 6.07) is 132. The molecule has 0 radical (unpaired) electrons. The molecule has 17 aromatic rings. The number of rotatable bonds is 10. The van der Waals surface area contributed by atoms with E-state index in [9.17, 15) is 0 Å². The van der Waals surface area contributed by atoms with Crippen molar-refractivity contribution in [3.05, 3.63) is 357 Å². The van der Waals surface area contributed by atoms with Gasteiger partial charge in [0, 0.05) is 65.2 Å². The number of para-hydroxylation sites is 2. The molecule has 0 unspecified atom stereocenters. The van der Waals surface area contributed by atoms with Gasteiger partial charge < -0.3 is 9.80 Å². The van der Waals surface area contributed by atoms with Gasteiger partial charge in [0.15, 0.2) is 0 Å². The smallest absolute Gasteiger partial charge is 0.252 e. The van der Waals surface area contributed by atoms with Crippen LogP contribution in [-0.4, -0.2) is 6.71 Å². The second-order valence-corrected chi connectivity index (χ2v) is 28.9. The van der Waals surface area contributed by atoms with E-state index in [4.69, 9.17) is 0 Å². The Morgan fingerprint density at radius 2 is 0.590 bits per heavy atom. The Hall–Kier alpha value is -12.1. The van der Waals surface area contributed by atoms with Gasteiger partial charge in [0.2, 0.25) is 0 Å². The second-order valence-electron chi connectivity index (χ2n) is 27.8. The molecule has 0 amide bonds. The molecule has 1 aromatic heterocycles. The number of hydrogen-bond acceptors (Lipinski definition) is 3. The summed E-state index contributed by atoms with van der Waals surface area (Å²) in [7, 11) is 0. The summed E-state index contributed by atoms with van der Waals surface area (Å²) in [6.45, 7) is 6.97. The molecule has 0 saturated heterocycles. The first-order chi connectivity index (χ1) is 49.3. The van der Waals surface area contributed by atoms with Crippen LogP contribution in [0.25, 0.3) is 131 Å². The highest BCUT2D eigenvalue weighted by Gasteiger charge is 2.46. The first kappa shape index (κ1) is 59.2. The normalized spacial score (nSPS) is 12.5. The van der Waals surface area contributed by atoms with Gasteiger partial charge in [-0.25, -0.2) is 0 Å². The number of thiophene rings is 1. The lowest BCUT2D eigenvalue weighted by Crippen LogP contribution is -2.61. The van der Waals surface area contributed by atoms with E-state index in [-0.39, 0.29) is 12.1 Å². The molecule has 3 heterocycles. The molecular weight excluding hydrogens is 1220 g/mol. The fourth-order valence-electron chi connectivity index (χ4n) is 16.3. The van der Waals surface area contributed by atoms with Crippen LogP contribution >= 0.6 is 11.3 Å². The van der Waals surface area contributed by atoms with Crippen LogP contribution in [0.1, 0.15) is 26.3 Å². The summed E-state index contributed by atoms with van der Waals surface area (Å²) in [5.74, 6) is 0. The van der Waals surface area contributed by atoms with Gasteiger partial charge in [0.05, 0.1) is 11.4 Å². The Balaban J connectivity index is 0.939. The maximum absolute atomic E-state index is 2.70. The Bertz CT molecular complexity index is 5940. The number of fused-ring (bicyclic) bond motifs is 9. The average Bonchev–Trinajstić information content (AvgIpc) is 0.755. The van der Waals surface area contributed by atoms with Gasteiger partial charge in [0.1, 0.15) is 0 Å². The van der Waals surface area contributed by atoms with Crippen molar-refractivity contribution < 1.29 is 0 Å². The minimum absolute atomic E-state index is 0.195. The van der Waals surface area contributed by atoms with Gasteiger partial charge in [-0.3, -0.25) is 0 Å². The van der Waals surface area contributed by atoms with Crippen molar-refractivity contribution in [2.24, 2.45) is 0 Å². The summed E-state index contributed by atoms with van der Waals surface area (Å²) in [5, 5.41) is 7.52. The van der Waals surface area contributed by atoms with Crippen LogP contribution in [0.4, 0.5) is 34.1 Å². The van der Waals surface area contributed by atoms with Gasteiger partial charge in [-0.15, -0.1) is 11.3 Å². The Morgan fingerprint density at radius 1 is 0.250 bits per heavy atom. The van der Waals surface area contributed by atoms with Crippen molar-refractivity contribution >= 4 is 110 Å². The summed E-state index contributed by atoms with van der Waals surface area (Å²) in [6.07, 6.45) is 0. The van der Waals surface area contributed by atoms with Crippen molar-refractivity contribution in [2.75, 3.05) is 9.80 Å². The van der Waals surface area contributed by atoms with Gasteiger partial charge in [-0.1, -0.05) is 330 Å². The standard InChI is InChI=1S/C96H67BN2S/c1-96(2,3)72-60-87-93-88(61-72)99(95-75(64-32-14-6-15-33-64)45-27-46-76(95)65-34-16-7-17-35-65)86-58-70(71-48-52-78-77-40-24-25-47-89(77)100-90(78)59-71)51-55-84(86)97(93)83-54-50-69(57-85(83)98(87)94-73(62-28-10-4-11-29-62)43-26-44-74(94)63-30-12-5-13-31-63)68-49-53-81-82(56-68)92(67-38-20-9-21-39-67)80-42-23-22-41-79(80)91(81)66-36-18-8-19-37-66/h4-61H,1-3H3. The highest BCUT2D eigenvalue weighted by atomic mass is 32.1. The molecule has 0 atom stereocenters. The lowest BCUT2D eigenvalue weighted by Gasteiger charge is -2.46. The van der Waals surface area contributed by atoms with Gasteiger partial charge >= 0.3 is 0 Å². The van der Waals surface area contributed by atoms with Gasteiger partial charge in [-0.2, -0.15) is 0 Å². The zero-order valence-corrected chi connectivity index (χ0v) is 56.7. The van der Waals surface area contributed by atoms with E-state index in [1.54, 1.807) is 0 Å². The first-order valence-electron chi connectivity index (χ1n) is 34.8. The summed E-state index contributed by atoms with van der Waals surface area (Å²) in [4.78, 5) is 5.39. The van der Waals surface area contributed by atoms with E-state index in [1.807, 2.05) is 11.3 Å². The molecule has 100 heavy (non-hydrogen) atoms. The molecule has 19 rings (SSSR count). The van der Waals surface area contributed by atoms with E-state index in [1.165, 1.54) is 103 Å². The van der Waals surface area contributed by atoms with Crippen LogP contribution in [0.2, 0.25) is 0 Å². The molecule has 470 valence electrons. The molecular formula is C96H67BN2S. The van der Waals surface area contributed by atoms with Crippen LogP contribution in [0.3, 0.4) is 0 Å². The fraction of sp³-hybridized carbons (Fsp3) is 0.0417.